The predicted molar refractivity (Wildman–Crippen MR) is 78.1 cm³/mol. The van der Waals surface area contributed by atoms with Crippen LogP contribution in [0.1, 0.15) is 32.8 Å². The number of benzene rings is 1. The molecule has 0 bridgehead atoms. The number of aryl methyl sites for hydroxylation is 1. The summed E-state index contributed by atoms with van der Waals surface area (Å²) >= 11 is 5.68. The molecule has 1 rings (SSSR count). The quantitative estimate of drug-likeness (QED) is 0.773. The molecular weight excluding hydrogens is 246 g/mol. The van der Waals surface area contributed by atoms with Crippen LogP contribution in [0.3, 0.4) is 0 Å². The second-order valence-electron chi connectivity index (χ2n) is 5.01. The van der Waals surface area contributed by atoms with Crippen molar-refractivity contribution in [2.45, 2.75) is 33.6 Å². The van der Waals surface area contributed by atoms with Crippen LogP contribution < -0.4 is 5.32 Å². The van der Waals surface area contributed by atoms with Gasteiger partial charge in [-0.2, -0.15) is 0 Å². The third-order valence-corrected chi connectivity index (χ3v) is 3.47. The van der Waals surface area contributed by atoms with Gasteiger partial charge in [0, 0.05) is 17.5 Å². The third kappa shape index (κ3) is 4.69. The molecule has 0 fully saturated rings. The lowest BCUT2D eigenvalue weighted by Gasteiger charge is -2.15. The highest BCUT2D eigenvalue weighted by Gasteiger charge is 2.16. The fourth-order valence-electron chi connectivity index (χ4n) is 1.63. The van der Waals surface area contributed by atoms with Crippen LogP contribution in [-0.2, 0) is 11.2 Å². The van der Waals surface area contributed by atoms with E-state index in [-0.39, 0.29) is 11.8 Å². The van der Waals surface area contributed by atoms with Crippen molar-refractivity contribution in [3.8, 4) is 0 Å². The van der Waals surface area contributed by atoms with Gasteiger partial charge >= 0.3 is 0 Å². The van der Waals surface area contributed by atoms with Crippen LogP contribution in [0.5, 0.6) is 0 Å². The standard InChI is InChI=1S/C15H22ClNO/c1-11(2)12(3)15(18)17-14-8-4-6-13(10-14)7-5-9-16/h4,6,8,10-12H,5,7,9H2,1-3H3,(H,17,18). The Morgan fingerprint density at radius 3 is 2.67 bits per heavy atom. The van der Waals surface area contributed by atoms with Crippen molar-refractivity contribution < 1.29 is 4.79 Å². The van der Waals surface area contributed by atoms with Crippen molar-refractivity contribution in [3.05, 3.63) is 29.8 Å². The molecule has 0 aliphatic carbocycles. The zero-order chi connectivity index (χ0) is 13.5. The molecule has 3 heteroatoms. The molecule has 0 saturated carbocycles. The highest BCUT2D eigenvalue weighted by molar-refractivity contribution is 6.17. The summed E-state index contributed by atoms with van der Waals surface area (Å²) in [5, 5.41) is 2.97. The van der Waals surface area contributed by atoms with Crippen LogP contribution in [0.15, 0.2) is 24.3 Å². The van der Waals surface area contributed by atoms with Crippen molar-refractivity contribution in [2.75, 3.05) is 11.2 Å². The summed E-state index contributed by atoms with van der Waals surface area (Å²) in [6.45, 7) is 6.07. The Kier molecular flexibility index (Phi) is 6.20. The van der Waals surface area contributed by atoms with Crippen LogP contribution in [-0.4, -0.2) is 11.8 Å². The van der Waals surface area contributed by atoms with Gasteiger partial charge in [-0.25, -0.2) is 0 Å². The van der Waals surface area contributed by atoms with Gasteiger partial charge in [0.15, 0.2) is 0 Å². The summed E-state index contributed by atoms with van der Waals surface area (Å²) in [5.41, 5.74) is 2.09. The number of amides is 1. The minimum atomic E-state index is 0.0245. The monoisotopic (exact) mass is 267 g/mol. The lowest BCUT2D eigenvalue weighted by molar-refractivity contribution is -0.120. The van der Waals surface area contributed by atoms with E-state index in [1.165, 1.54) is 5.56 Å². The minimum absolute atomic E-state index is 0.0245. The summed E-state index contributed by atoms with van der Waals surface area (Å²) in [5.74, 6) is 1.13. The number of nitrogens with one attached hydrogen (secondary N) is 1. The molecular formula is C15H22ClNO. The van der Waals surface area contributed by atoms with Gasteiger partial charge in [-0.3, -0.25) is 4.79 Å². The van der Waals surface area contributed by atoms with E-state index in [0.29, 0.717) is 11.8 Å². The number of alkyl halides is 1. The Morgan fingerprint density at radius 1 is 1.33 bits per heavy atom. The van der Waals surface area contributed by atoms with E-state index in [2.05, 4.69) is 25.2 Å². The smallest absolute Gasteiger partial charge is 0.227 e. The fraction of sp³-hybridized carbons (Fsp3) is 0.533. The van der Waals surface area contributed by atoms with E-state index >= 15 is 0 Å². The number of hydrogen-bond acceptors (Lipinski definition) is 1. The summed E-state index contributed by atoms with van der Waals surface area (Å²) in [6, 6.07) is 7.99. The van der Waals surface area contributed by atoms with E-state index in [9.17, 15) is 4.79 Å². The molecule has 1 aromatic carbocycles. The van der Waals surface area contributed by atoms with Crippen molar-refractivity contribution in [2.24, 2.45) is 11.8 Å². The van der Waals surface area contributed by atoms with E-state index in [1.807, 2.05) is 25.1 Å². The molecule has 1 amide bonds. The Morgan fingerprint density at radius 2 is 2.06 bits per heavy atom. The Bertz CT molecular complexity index is 390. The van der Waals surface area contributed by atoms with Crippen LogP contribution in [0, 0.1) is 11.8 Å². The molecule has 1 atom stereocenters. The van der Waals surface area contributed by atoms with E-state index < -0.39 is 0 Å². The average molecular weight is 268 g/mol. The molecule has 1 aromatic rings. The highest BCUT2D eigenvalue weighted by atomic mass is 35.5. The molecule has 2 nitrogen and oxygen atoms in total. The first-order chi connectivity index (χ1) is 8.54. The zero-order valence-corrected chi connectivity index (χ0v) is 12.1. The maximum atomic E-state index is 11.9. The first-order valence-corrected chi connectivity index (χ1v) is 7.03. The SMILES string of the molecule is CC(C)C(C)C(=O)Nc1cccc(CCCCl)c1. The Balaban J connectivity index is 2.64. The normalized spacial score (nSPS) is 12.5. The van der Waals surface area contributed by atoms with Gasteiger partial charge in [0.1, 0.15) is 0 Å². The van der Waals surface area contributed by atoms with Crippen LogP contribution >= 0.6 is 11.6 Å². The molecule has 0 aromatic heterocycles. The predicted octanol–water partition coefficient (Wildman–Crippen LogP) is 4.09. The zero-order valence-electron chi connectivity index (χ0n) is 11.4. The number of rotatable bonds is 6. The van der Waals surface area contributed by atoms with Gasteiger partial charge < -0.3 is 5.32 Å². The number of hydrogen-bond donors (Lipinski definition) is 1. The van der Waals surface area contributed by atoms with E-state index in [1.54, 1.807) is 0 Å². The molecule has 0 aliphatic heterocycles. The Labute approximate surface area is 115 Å². The molecule has 0 heterocycles. The number of halogens is 1. The molecule has 0 saturated heterocycles. The first kappa shape index (κ1) is 15.0. The summed E-state index contributed by atoms with van der Waals surface area (Å²) < 4.78 is 0. The average Bonchev–Trinajstić information content (AvgIpc) is 2.35. The molecule has 1 unspecified atom stereocenters. The lowest BCUT2D eigenvalue weighted by atomic mass is 9.97. The molecule has 0 radical (unpaired) electrons. The van der Waals surface area contributed by atoms with Gasteiger partial charge in [0.05, 0.1) is 0 Å². The molecule has 0 aliphatic rings. The van der Waals surface area contributed by atoms with Crippen molar-refractivity contribution in [1.82, 2.24) is 0 Å². The lowest BCUT2D eigenvalue weighted by Crippen LogP contribution is -2.24. The van der Waals surface area contributed by atoms with Crippen molar-refractivity contribution >= 4 is 23.2 Å². The number of anilines is 1. The van der Waals surface area contributed by atoms with Gasteiger partial charge in [-0.1, -0.05) is 32.9 Å². The summed E-state index contributed by atoms with van der Waals surface area (Å²) in [7, 11) is 0. The molecule has 0 spiro atoms. The second kappa shape index (κ2) is 7.42. The van der Waals surface area contributed by atoms with Crippen LogP contribution in [0.4, 0.5) is 5.69 Å². The fourth-order valence-corrected chi connectivity index (χ4v) is 1.77. The third-order valence-electron chi connectivity index (χ3n) is 3.21. The van der Waals surface area contributed by atoms with Gasteiger partial charge in [0.25, 0.3) is 0 Å². The van der Waals surface area contributed by atoms with Gasteiger partial charge in [-0.15, -0.1) is 11.6 Å². The van der Waals surface area contributed by atoms with Crippen LogP contribution in [0.2, 0.25) is 0 Å². The Hall–Kier alpha value is -1.02. The van der Waals surface area contributed by atoms with Crippen molar-refractivity contribution in [1.29, 1.82) is 0 Å². The van der Waals surface area contributed by atoms with Gasteiger partial charge in [-0.05, 0) is 36.5 Å². The largest absolute Gasteiger partial charge is 0.326 e. The first-order valence-electron chi connectivity index (χ1n) is 6.50. The maximum Gasteiger partial charge on any atom is 0.227 e. The van der Waals surface area contributed by atoms with Crippen molar-refractivity contribution in [3.63, 3.8) is 0 Å². The maximum absolute atomic E-state index is 11.9. The second-order valence-corrected chi connectivity index (χ2v) is 5.39. The molecule has 1 N–H and O–H groups in total. The minimum Gasteiger partial charge on any atom is -0.326 e. The van der Waals surface area contributed by atoms with Crippen LogP contribution in [0.25, 0.3) is 0 Å². The van der Waals surface area contributed by atoms with Gasteiger partial charge in [0.2, 0.25) is 5.91 Å². The molecule has 100 valence electrons. The summed E-state index contributed by atoms with van der Waals surface area (Å²) in [4.78, 5) is 11.9. The number of carbonyl (C=O) groups excluding carboxylic acids is 1. The van der Waals surface area contributed by atoms with E-state index in [0.717, 1.165) is 18.5 Å². The van der Waals surface area contributed by atoms with E-state index in [4.69, 9.17) is 11.6 Å². The topological polar surface area (TPSA) is 29.1 Å². The number of carbonyl (C=O) groups is 1. The highest BCUT2D eigenvalue weighted by Crippen LogP contribution is 2.16. The summed E-state index contributed by atoms with van der Waals surface area (Å²) in [6.07, 6.45) is 1.91. The molecule has 18 heavy (non-hydrogen) atoms.